The molecule has 0 bridgehead atoms. The number of benzene rings is 1. The molecule has 25 heavy (non-hydrogen) atoms. The zero-order valence-electron chi connectivity index (χ0n) is 13.7. The summed E-state index contributed by atoms with van der Waals surface area (Å²) in [7, 11) is 0. The van der Waals surface area contributed by atoms with Crippen molar-refractivity contribution in [3.05, 3.63) is 58.1 Å². The molecule has 1 saturated heterocycles. The zero-order chi connectivity index (χ0) is 17.2. The number of hydrogen-bond acceptors (Lipinski definition) is 5. The number of rotatable bonds is 4. The molecule has 4 nitrogen and oxygen atoms in total. The lowest BCUT2D eigenvalue weighted by Crippen LogP contribution is -2.33. The van der Waals surface area contributed by atoms with Crippen molar-refractivity contribution in [3.63, 3.8) is 0 Å². The van der Waals surface area contributed by atoms with Gasteiger partial charge in [-0.15, -0.1) is 11.3 Å². The van der Waals surface area contributed by atoms with Gasteiger partial charge in [0.15, 0.2) is 0 Å². The van der Waals surface area contributed by atoms with E-state index in [-0.39, 0.29) is 12.1 Å². The van der Waals surface area contributed by atoms with Gasteiger partial charge in [-0.1, -0.05) is 41.9 Å². The molecule has 2 aromatic heterocycles. The summed E-state index contributed by atoms with van der Waals surface area (Å²) in [4.78, 5) is 5.60. The fourth-order valence-corrected chi connectivity index (χ4v) is 4.59. The molecule has 2 atom stereocenters. The van der Waals surface area contributed by atoms with Gasteiger partial charge in [-0.3, -0.25) is 0 Å². The average molecular weight is 374 g/mol. The van der Waals surface area contributed by atoms with Crippen LogP contribution < -0.4 is 11.1 Å². The van der Waals surface area contributed by atoms with E-state index < -0.39 is 0 Å². The van der Waals surface area contributed by atoms with Gasteiger partial charge in [0.2, 0.25) is 0 Å². The molecule has 0 spiro atoms. The van der Waals surface area contributed by atoms with E-state index in [0.29, 0.717) is 5.15 Å². The van der Waals surface area contributed by atoms with Gasteiger partial charge in [-0.2, -0.15) is 0 Å². The highest BCUT2D eigenvalue weighted by molar-refractivity contribution is 7.19. The predicted octanol–water partition coefficient (Wildman–Crippen LogP) is 4.74. The topological polar surface area (TPSA) is 60.2 Å². The van der Waals surface area contributed by atoms with Crippen molar-refractivity contribution >= 4 is 38.8 Å². The van der Waals surface area contributed by atoms with Gasteiger partial charge in [-0.05, 0) is 24.5 Å². The van der Waals surface area contributed by atoms with Gasteiger partial charge >= 0.3 is 0 Å². The van der Waals surface area contributed by atoms with Crippen LogP contribution in [0.2, 0.25) is 5.15 Å². The van der Waals surface area contributed by atoms with E-state index in [1.165, 1.54) is 5.56 Å². The molecule has 0 aliphatic carbocycles. The van der Waals surface area contributed by atoms with Gasteiger partial charge in [0.1, 0.15) is 11.3 Å². The Hall–Kier alpha value is -1.66. The number of thiophene rings is 1. The lowest BCUT2D eigenvalue weighted by molar-refractivity contribution is 0.00239. The maximum absolute atomic E-state index is 6.26. The summed E-state index contributed by atoms with van der Waals surface area (Å²) >= 11 is 7.92. The molecule has 1 aliphatic rings. The van der Waals surface area contributed by atoms with Crippen LogP contribution in [0.5, 0.6) is 0 Å². The molecule has 0 amide bonds. The molecule has 0 radical (unpaired) electrons. The Bertz CT molecular complexity index is 868. The molecule has 6 heteroatoms. The van der Waals surface area contributed by atoms with E-state index in [1.54, 1.807) is 11.3 Å². The van der Waals surface area contributed by atoms with Gasteiger partial charge in [0.25, 0.3) is 0 Å². The van der Waals surface area contributed by atoms with Gasteiger partial charge in [0.05, 0.1) is 15.9 Å². The first kappa shape index (κ1) is 16.8. The molecule has 3 N–H and O–H groups in total. The quantitative estimate of drug-likeness (QED) is 0.648. The molecule has 3 aromatic rings. The number of halogens is 1. The largest absolute Gasteiger partial charge is 0.380 e. The molecule has 1 aliphatic heterocycles. The molecular formula is C19H20ClN3OS. The number of aromatic nitrogens is 1. The van der Waals surface area contributed by atoms with Gasteiger partial charge in [0, 0.05) is 30.1 Å². The normalized spacial score (nSPS) is 20.7. The highest BCUT2D eigenvalue weighted by Crippen LogP contribution is 2.39. The number of hydrogen-bond donors (Lipinski definition) is 2. The maximum atomic E-state index is 6.26. The van der Waals surface area contributed by atoms with Crippen molar-refractivity contribution in [1.82, 2.24) is 4.98 Å². The Balaban J connectivity index is 1.64. The highest BCUT2D eigenvalue weighted by atomic mass is 35.5. The minimum Gasteiger partial charge on any atom is -0.380 e. The minimum atomic E-state index is -0.0475. The Morgan fingerprint density at radius 2 is 2.12 bits per heavy atom. The SMILES string of the molecule is N[C@@H]1CCCO[C@H]1c1cc2nc(Cl)cc(NCc3ccccc3)c2s1. The highest BCUT2D eigenvalue weighted by Gasteiger charge is 2.26. The molecule has 1 aromatic carbocycles. The fourth-order valence-electron chi connectivity index (χ4n) is 3.17. The smallest absolute Gasteiger partial charge is 0.131 e. The monoisotopic (exact) mass is 373 g/mol. The maximum Gasteiger partial charge on any atom is 0.131 e. The second-order valence-corrected chi connectivity index (χ2v) is 7.76. The summed E-state index contributed by atoms with van der Waals surface area (Å²) in [6.45, 7) is 1.50. The van der Waals surface area contributed by atoms with Crippen LogP contribution in [-0.4, -0.2) is 17.6 Å². The van der Waals surface area contributed by atoms with Crippen molar-refractivity contribution in [2.45, 2.75) is 31.5 Å². The second kappa shape index (κ2) is 7.30. The van der Waals surface area contributed by atoms with E-state index in [9.17, 15) is 0 Å². The summed E-state index contributed by atoms with van der Waals surface area (Å²) in [5.74, 6) is 0. The van der Waals surface area contributed by atoms with Crippen LogP contribution in [-0.2, 0) is 11.3 Å². The summed E-state index contributed by atoms with van der Waals surface area (Å²) < 4.78 is 7.00. The van der Waals surface area contributed by atoms with Crippen LogP contribution in [0.15, 0.2) is 42.5 Å². The standard InChI is InChI=1S/C19H20ClN3OS/c20-17-10-14(22-11-12-5-2-1-3-6-12)19-15(23-17)9-16(25-19)18-13(21)7-4-8-24-18/h1-3,5-6,9-10,13,18H,4,7-8,11,21H2,(H,22,23)/t13-,18-/m1/s1. The van der Waals surface area contributed by atoms with Crippen LogP contribution in [0, 0.1) is 0 Å². The molecule has 0 unspecified atom stereocenters. The number of nitrogens with zero attached hydrogens (tertiary/aromatic N) is 1. The van der Waals surface area contributed by atoms with E-state index in [1.807, 2.05) is 24.3 Å². The third-order valence-corrected chi connectivity index (χ3v) is 5.85. The fraction of sp³-hybridized carbons (Fsp3) is 0.316. The summed E-state index contributed by atoms with van der Waals surface area (Å²) in [5, 5.41) is 3.97. The zero-order valence-corrected chi connectivity index (χ0v) is 15.3. The van der Waals surface area contributed by atoms with Crippen LogP contribution in [0.4, 0.5) is 5.69 Å². The van der Waals surface area contributed by atoms with Crippen molar-refractivity contribution in [3.8, 4) is 0 Å². The van der Waals surface area contributed by atoms with Crippen molar-refractivity contribution in [1.29, 1.82) is 0 Å². The molecule has 0 saturated carbocycles. The lowest BCUT2D eigenvalue weighted by Gasteiger charge is -2.27. The summed E-state index contributed by atoms with van der Waals surface area (Å²) in [6.07, 6.45) is 1.97. The van der Waals surface area contributed by atoms with Crippen molar-refractivity contribution in [2.75, 3.05) is 11.9 Å². The summed E-state index contributed by atoms with van der Waals surface area (Å²) in [5.41, 5.74) is 9.37. The van der Waals surface area contributed by atoms with Crippen LogP contribution >= 0.6 is 22.9 Å². The Labute approximate surface area is 156 Å². The Morgan fingerprint density at radius 3 is 2.92 bits per heavy atom. The average Bonchev–Trinajstić information content (AvgIpc) is 3.04. The number of pyridine rings is 1. The first-order valence-corrected chi connectivity index (χ1v) is 9.65. The third kappa shape index (κ3) is 3.65. The molecule has 4 rings (SSSR count). The Kier molecular flexibility index (Phi) is 4.90. The summed E-state index contributed by atoms with van der Waals surface area (Å²) in [6, 6.07) is 14.3. The van der Waals surface area contributed by atoms with Gasteiger partial charge in [-0.25, -0.2) is 4.98 Å². The lowest BCUT2D eigenvalue weighted by atomic mass is 10.0. The minimum absolute atomic E-state index is 0.0398. The Morgan fingerprint density at radius 1 is 1.28 bits per heavy atom. The number of fused-ring (bicyclic) bond motifs is 1. The van der Waals surface area contributed by atoms with E-state index in [2.05, 4.69) is 28.5 Å². The number of nitrogens with two attached hydrogens (primary N) is 1. The second-order valence-electron chi connectivity index (χ2n) is 6.29. The first-order valence-electron chi connectivity index (χ1n) is 8.45. The van der Waals surface area contributed by atoms with E-state index in [0.717, 1.165) is 46.8 Å². The molecule has 1 fully saturated rings. The van der Waals surface area contributed by atoms with E-state index >= 15 is 0 Å². The molecule has 130 valence electrons. The number of nitrogens with one attached hydrogen (secondary N) is 1. The number of ether oxygens (including phenoxy) is 1. The first-order chi connectivity index (χ1) is 12.2. The predicted molar refractivity (Wildman–Crippen MR) is 104 cm³/mol. The van der Waals surface area contributed by atoms with Gasteiger partial charge < -0.3 is 15.8 Å². The number of anilines is 1. The van der Waals surface area contributed by atoms with Crippen molar-refractivity contribution in [2.24, 2.45) is 5.73 Å². The van der Waals surface area contributed by atoms with Crippen molar-refractivity contribution < 1.29 is 4.74 Å². The van der Waals surface area contributed by atoms with Crippen LogP contribution in [0.25, 0.3) is 10.2 Å². The molecule has 3 heterocycles. The van der Waals surface area contributed by atoms with Crippen LogP contribution in [0.1, 0.15) is 29.4 Å². The van der Waals surface area contributed by atoms with Crippen LogP contribution in [0.3, 0.4) is 0 Å². The molecular weight excluding hydrogens is 354 g/mol. The van der Waals surface area contributed by atoms with E-state index in [4.69, 9.17) is 22.1 Å². The third-order valence-electron chi connectivity index (χ3n) is 4.44.